The van der Waals surface area contributed by atoms with Crippen LogP contribution in [0.4, 0.5) is 4.39 Å². The highest BCUT2D eigenvalue weighted by Crippen LogP contribution is 2.13. The normalized spacial score (nSPS) is 12.6. The Morgan fingerprint density at radius 3 is 2.05 bits per heavy atom. The lowest BCUT2D eigenvalue weighted by Crippen LogP contribution is -2.19. The van der Waals surface area contributed by atoms with Crippen molar-refractivity contribution in [2.75, 3.05) is 6.54 Å². The average molecular weight is 279 g/mol. The fourth-order valence-corrected chi connectivity index (χ4v) is 2.45. The third-order valence-electron chi connectivity index (χ3n) is 3.85. The fraction of sp³-hybridized carbons (Fsp3) is 0.667. The number of hydrogen-bond donors (Lipinski definition) is 1. The SMILES string of the molecule is CCCCCCCCCCN[C@H](C)c1ccc(F)cc1. The van der Waals surface area contributed by atoms with Crippen LogP contribution in [0.2, 0.25) is 0 Å². The Kier molecular flexibility index (Phi) is 9.31. The molecule has 0 heterocycles. The fourth-order valence-electron chi connectivity index (χ4n) is 2.45. The molecule has 0 unspecified atom stereocenters. The smallest absolute Gasteiger partial charge is 0.123 e. The summed E-state index contributed by atoms with van der Waals surface area (Å²) in [4.78, 5) is 0. The van der Waals surface area contributed by atoms with Gasteiger partial charge in [-0.05, 0) is 37.6 Å². The number of unbranched alkanes of at least 4 members (excludes halogenated alkanes) is 7. The summed E-state index contributed by atoms with van der Waals surface area (Å²) < 4.78 is 12.8. The van der Waals surface area contributed by atoms with E-state index in [2.05, 4.69) is 19.2 Å². The summed E-state index contributed by atoms with van der Waals surface area (Å²) in [5.41, 5.74) is 1.16. The Hall–Kier alpha value is -0.890. The molecule has 0 amide bonds. The van der Waals surface area contributed by atoms with E-state index in [1.54, 1.807) is 0 Å². The minimum absolute atomic E-state index is 0.163. The van der Waals surface area contributed by atoms with Gasteiger partial charge in [0.05, 0.1) is 0 Å². The monoisotopic (exact) mass is 279 g/mol. The maximum atomic E-state index is 12.8. The first kappa shape index (κ1) is 17.2. The van der Waals surface area contributed by atoms with Gasteiger partial charge in [-0.3, -0.25) is 0 Å². The van der Waals surface area contributed by atoms with Crippen LogP contribution < -0.4 is 5.32 Å². The molecule has 0 fully saturated rings. The quantitative estimate of drug-likeness (QED) is 0.519. The molecule has 0 aliphatic rings. The summed E-state index contributed by atoms with van der Waals surface area (Å²) in [6.45, 7) is 5.44. The first-order valence-electron chi connectivity index (χ1n) is 8.23. The van der Waals surface area contributed by atoms with Gasteiger partial charge < -0.3 is 5.32 Å². The molecule has 20 heavy (non-hydrogen) atoms. The number of halogens is 1. The largest absolute Gasteiger partial charge is 0.310 e. The molecule has 1 aromatic carbocycles. The molecule has 1 atom stereocenters. The van der Waals surface area contributed by atoms with Gasteiger partial charge in [0.1, 0.15) is 5.82 Å². The van der Waals surface area contributed by atoms with E-state index in [9.17, 15) is 4.39 Å². The predicted octanol–water partition coefficient (Wildman–Crippen LogP) is 5.62. The summed E-state index contributed by atoms with van der Waals surface area (Å²) in [6, 6.07) is 7.09. The minimum atomic E-state index is -0.163. The zero-order chi connectivity index (χ0) is 14.6. The van der Waals surface area contributed by atoms with Crippen LogP contribution in [0.15, 0.2) is 24.3 Å². The first-order valence-corrected chi connectivity index (χ1v) is 8.23. The van der Waals surface area contributed by atoms with Gasteiger partial charge in [0.15, 0.2) is 0 Å². The van der Waals surface area contributed by atoms with Crippen molar-refractivity contribution in [1.29, 1.82) is 0 Å². The molecule has 1 aromatic rings. The average Bonchev–Trinajstić information content (AvgIpc) is 2.46. The van der Waals surface area contributed by atoms with Gasteiger partial charge in [-0.25, -0.2) is 4.39 Å². The van der Waals surface area contributed by atoms with Crippen LogP contribution in [0, 0.1) is 5.82 Å². The number of benzene rings is 1. The molecule has 1 rings (SSSR count). The Balaban J connectivity index is 1.99. The molecule has 2 heteroatoms. The van der Waals surface area contributed by atoms with E-state index < -0.39 is 0 Å². The molecule has 0 aliphatic carbocycles. The predicted molar refractivity (Wildman–Crippen MR) is 85.4 cm³/mol. The molecule has 1 nitrogen and oxygen atoms in total. The van der Waals surface area contributed by atoms with Crippen molar-refractivity contribution < 1.29 is 4.39 Å². The lowest BCUT2D eigenvalue weighted by Gasteiger charge is -2.14. The second kappa shape index (κ2) is 10.8. The molecule has 0 spiro atoms. The molecule has 1 N–H and O–H groups in total. The van der Waals surface area contributed by atoms with Crippen LogP contribution in [0.1, 0.15) is 76.8 Å². The van der Waals surface area contributed by atoms with Gasteiger partial charge >= 0.3 is 0 Å². The van der Waals surface area contributed by atoms with E-state index >= 15 is 0 Å². The van der Waals surface area contributed by atoms with Crippen molar-refractivity contribution in [1.82, 2.24) is 5.32 Å². The molecule has 0 aromatic heterocycles. The topological polar surface area (TPSA) is 12.0 Å². The number of rotatable bonds is 11. The van der Waals surface area contributed by atoms with Gasteiger partial charge in [0.25, 0.3) is 0 Å². The molecule has 0 aliphatic heterocycles. The maximum absolute atomic E-state index is 12.8. The van der Waals surface area contributed by atoms with E-state index in [-0.39, 0.29) is 5.82 Å². The standard InChI is InChI=1S/C18H30FN/c1-3-4-5-6-7-8-9-10-15-20-16(2)17-11-13-18(19)14-12-17/h11-14,16,20H,3-10,15H2,1-2H3/t16-/m1/s1. The van der Waals surface area contributed by atoms with Crippen LogP contribution in [0.3, 0.4) is 0 Å². The third-order valence-corrected chi connectivity index (χ3v) is 3.85. The molecule has 0 saturated carbocycles. The second-order valence-electron chi connectivity index (χ2n) is 5.70. The zero-order valence-electron chi connectivity index (χ0n) is 13.1. The highest BCUT2D eigenvalue weighted by atomic mass is 19.1. The summed E-state index contributed by atoms with van der Waals surface area (Å²) >= 11 is 0. The molecule has 0 saturated heterocycles. The molecule has 0 radical (unpaired) electrons. The van der Waals surface area contributed by atoms with Crippen LogP contribution in [-0.2, 0) is 0 Å². The van der Waals surface area contributed by atoms with Crippen LogP contribution in [-0.4, -0.2) is 6.54 Å². The van der Waals surface area contributed by atoms with Crippen molar-refractivity contribution >= 4 is 0 Å². The second-order valence-corrected chi connectivity index (χ2v) is 5.70. The van der Waals surface area contributed by atoms with E-state index in [4.69, 9.17) is 0 Å². The van der Waals surface area contributed by atoms with Crippen molar-refractivity contribution in [2.24, 2.45) is 0 Å². The number of nitrogens with one attached hydrogen (secondary N) is 1. The third kappa shape index (κ3) is 7.64. The Labute approximate surface area is 124 Å². The summed E-state index contributed by atoms with van der Waals surface area (Å²) in [7, 11) is 0. The number of hydrogen-bond acceptors (Lipinski definition) is 1. The van der Waals surface area contributed by atoms with E-state index in [1.807, 2.05) is 12.1 Å². The first-order chi connectivity index (χ1) is 9.74. The Morgan fingerprint density at radius 2 is 1.45 bits per heavy atom. The summed E-state index contributed by atoms with van der Waals surface area (Å²) in [5.74, 6) is -0.163. The minimum Gasteiger partial charge on any atom is -0.310 e. The van der Waals surface area contributed by atoms with E-state index in [0.29, 0.717) is 6.04 Å². The van der Waals surface area contributed by atoms with Gasteiger partial charge in [-0.15, -0.1) is 0 Å². The lowest BCUT2D eigenvalue weighted by atomic mass is 10.1. The molecule has 0 bridgehead atoms. The summed E-state index contributed by atoms with van der Waals surface area (Å²) in [5, 5.41) is 3.51. The van der Waals surface area contributed by atoms with Gasteiger partial charge in [-0.1, -0.05) is 64.0 Å². The van der Waals surface area contributed by atoms with Crippen LogP contribution in [0.5, 0.6) is 0 Å². The lowest BCUT2D eigenvalue weighted by molar-refractivity contribution is 0.521. The van der Waals surface area contributed by atoms with Gasteiger partial charge in [-0.2, -0.15) is 0 Å². The van der Waals surface area contributed by atoms with Crippen molar-refractivity contribution in [3.05, 3.63) is 35.6 Å². The van der Waals surface area contributed by atoms with Crippen molar-refractivity contribution in [3.63, 3.8) is 0 Å². The van der Waals surface area contributed by atoms with Gasteiger partial charge in [0.2, 0.25) is 0 Å². The van der Waals surface area contributed by atoms with Crippen LogP contribution in [0.25, 0.3) is 0 Å². The highest BCUT2D eigenvalue weighted by Gasteiger charge is 2.03. The van der Waals surface area contributed by atoms with E-state index in [1.165, 1.54) is 63.5 Å². The van der Waals surface area contributed by atoms with E-state index in [0.717, 1.165) is 12.1 Å². The summed E-state index contributed by atoms with van der Waals surface area (Å²) in [6.07, 6.45) is 10.8. The highest BCUT2D eigenvalue weighted by molar-refractivity contribution is 5.19. The Morgan fingerprint density at radius 1 is 0.900 bits per heavy atom. The molecular formula is C18H30FN. The maximum Gasteiger partial charge on any atom is 0.123 e. The zero-order valence-corrected chi connectivity index (χ0v) is 13.1. The van der Waals surface area contributed by atoms with Crippen molar-refractivity contribution in [2.45, 2.75) is 71.3 Å². The van der Waals surface area contributed by atoms with Crippen LogP contribution >= 0.6 is 0 Å². The van der Waals surface area contributed by atoms with Crippen molar-refractivity contribution in [3.8, 4) is 0 Å². The molecular weight excluding hydrogens is 249 g/mol. The Bertz CT molecular complexity index is 334. The van der Waals surface area contributed by atoms with Gasteiger partial charge in [0, 0.05) is 6.04 Å². The molecule has 114 valence electrons.